The Morgan fingerprint density at radius 3 is 2.82 bits per heavy atom. The number of amides is 1. The molecule has 1 unspecified atom stereocenters. The summed E-state index contributed by atoms with van der Waals surface area (Å²) in [4.78, 5) is 11.6. The zero-order chi connectivity index (χ0) is 12.1. The van der Waals surface area contributed by atoms with E-state index in [1.807, 2.05) is 6.92 Å². The molecule has 6 heteroatoms. The number of hydrogen-bond donors (Lipinski definition) is 3. The van der Waals surface area contributed by atoms with Crippen LogP contribution in [0.2, 0.25) is 5.02 Å². The summed E-state index contributed by atoms with van der Waals surface area (Å²) in [5, 5.41) is 12.3. The standard InChI is InChI=1S/C11H15ClN2O2.ClH/c1-2-4-8(13)11(16)14-9-6-3-5-7(12)10(9)15;/h3,5-6,8,15H,2,4,13H2,1H3,(H,14,16);1H. The molecule has 0 aliphatic rings. The number of halogens is 2. The minimum atomic E-state index is -0.566. The predicted octanol–water partition coefficient (Wildman–Crippen LogP) is 2.53. The smallest absolute Gasteiger partial charge is 0.241 e. The van der Waals surface area contributed by atoms with Gasteiger partial charge >= 0.3 is 0 Å². The van der Waals surface area contributed by atoms with Crippen LogP contribution in [0.4, 0.5) is 5.69 Å². The number of nitrogens with two attached hydrogens (primary N) is 1. The molecule has 0 saturated carbocycles. The molecule has 1 atom stereocenters. The number of hydrogen-bond acceptors (Lipinski definition) is 3. The fraction of sp³-hybridized carbons (Fsp3) is 0.364. The van der Waals surface area contributed by atoms with Gasteiger partial charge in [0.05, 0.1) is 16.8 Å². The van der Waals surface area contributed by atoms with Gasteiger partial charge in [-0.2, -0.15) is 0 Å². The van der Waals surface area contributed by atoms with E-state index in [2.05, 4.69) is 5.32 Å². The van der Waals surface area contributed by atoms with Crippen molar-refractivity contribution >= 4 is 35.6 Å². The second-order valence-corrected chi connectivity index (χ2v) is 3.93. The number of nitrogens with one attached hydrogen (secondary N) is 1. The van der Waals surface area contributed by atoms with Crippen LogP contribution in [0.1, 0.15) is 19.8 Å². The third kappa shape index (κ3) is 4.42. The van der Waals surface area contributed by atoms with Crippen LogP contribution in [-0.4, -0.2) is 17.1 Å². The monoisotopic (exact) mass is 278 g/mol. The van der Waals surface area contributed by atoms with Crippen LogP contribution in [0.25, 0.3) is 0 Å². The first kappa shape index (κ1) is 16.0. The zero-order valence-corrected chi connectivity index (χ0v) is 11.0. The summed E-state index contributed by atoms with van der Waals surface area (Å²) in [6.07, 6.45) is 1.43. The van der Waals surface area contributed by atoms with Crippen molar-refractivity contribution < 1.29 is 9.90 Å². The number of anilines is 1. The van der Waals surface area contributed by atoms with Crippen LogP contribution in [0, 0.1) is 0 Å². The Labute approximate surface area is 112 Å². The lowest BCUT2D eigenvalue weighted by molar-refractivity contribution is -0.117. The molecule has 0 aromatic heterocycles. The van der Waals surface area contributed by atoms with E-state index in [0.29, 0.717) is 6.42 Å². The third-order valence-corrected chi connectivity index (χ3v) is 2.49. The fourth-order valence-corrected chi connectivity index (χ4v) is 1.46. The quantitative estimate of drug-likeness (QED) is 0.741. The van der Waals surface area contributed by atoms with Crippen molar-refractivity contribution in [2.45, 2.75) is 25.8 Å². The van der Waals surface area contributed by atoms with E-state index in [4.69, 9.17) is 17.3 Å². The maximum atomic E-state index is 11.6. The van der Waals surface area contributed by atoms with Crippen molar-refractivity contribution in [1.29, 1.82) is 0 Å². The molecule has 1 aromatic rings. The van der Waals surface area contributed by atoms with Crippen molar-refractivity contribution in [2.24, 2.45) is 5.73 Å². The van der Waals surface area contributed by atoms with Gasteiger partial charge in [-0.25, -0.2) is 0 Å². The van der Waals surface area contributed by atoms with Crippen molar-refractivity contribution in [3.05, 3.63) is 23.2 Å². The number of phenolic OH excluding ortho intramolecular Hbond substituents is 1. The molecule has 17 heavy (non-hydrogen) atoms. The summed E-state index contributed by atoms with van der Waals surface area (Å²) in [5.74, 6) is -0.458. The molecule has 4 nitrogen and oxygen atoms in total. The minimum absolute atomic E-state index is 0. The lowest BCUT2D eigenvalue weighted by Crippen LogP contribution is -2.35. The fourth-order valence-electron chi connectivity index (χ4n) is 1.28. The molecule has 4 N–H and O–H groups in total. The highest BCUT2D eigenvalue weighted by Gasteiger charge is 2.14. The second-order valence-electron chi connectivity index (χ2n) is 3.52. The SMILES string of the molecule is CCCC(N)C(=O)Nc1cccc(Cl)c1O.Cl. The van der Waals surface area contributed by atoms with Crippen molar-refractivity contribution in [1.82, 2.24) is 0 Å². The second kappa shape index (κ2) is 7.37. The molecule has 0 radical (unpaired) electrons. The average Bonchev–Trinajstić information content (AvgIpc) is 2.25. The summed E-state index contributed by atoms with van der Waals surface area (Å²) in [6, 6.07) is 4.18. The first-order valence-electron chi connectivity index (χ1n) is 5.10. The van der Waals surface area contributed by atoms with Crippen molar-refractivity contribution in [3.8, 4) is 5.75 Å². The van der Waals surface area contributed by atoms with Crippen LogP contribution in [0.3, 0.4) is 0 Å². The Bertz CT molecular complexity index is 386. The largest absolute Gasteiger partial charge is 0.504 e. The molecule has 0 heterocycles. The molecule has 1 rings (SSSR count). The van der Waals surface area contributed by atoms with Gasteiger partial charge in [0.1, 0.15) is 0 Å². The van der Waals surface area contributed by atoms with Crippen molar-refractivity contribution in [3.63, 3.8) is 0 Å². The van der Waals surface area contributed by atoms with Crippen LogP contribution in [0.5, 0.6) is 5.75 Å². The summed E-state index contributed by atoms with van der Waals surface area (Å²) < 4.78 is 0. The molecular weight excluding hydrogens is 263 g/mol. The molecule has 0 spiro atoms. The van der Waals surface area contributed by atoms with Gasteiger partial charge in [0, 0.05) is 0 Å². The van der Waals surface area contributed by atoms with Crippen LogP contribution in [0.15, 0.2) is 18.2 Å². The minimum Gasteiger partial charge on any atom is -0.504 e. The lowest BCUT2D eigenvalue weighted by atomic mass is 10.1. The molecule has 0 aliphatic carbocycles. The highest BCUT2D eigenvalue weighted by atomic mass is 35.5. The zero-order valence-electron chi connectivity index (χ0n) is 9.44. The topological polar surface area (TPSA) is 75.4 Å². The molecule has 0 saturated heterocycles. The van der Waals surface area contributed by atoms with E-state index in [0.717, 1.165) is 6.42 Å². The number of rotatable bonds is 4. The van der Waals surface area contributed by atoms with Gasteiger partial charge < -0.3 is 16.2 Å². The van der Waals surface area contributed by atoms with E-state index < -0.39 is 6.04 Å². The van der Waals surface area contributed by atoms with E-state index in [-0.39, 0.29) is 34.8 Å². The molecule has 1 amide bonds. The highest BCUT2D eigenvalue weighted by Crippen LogP contribution is 2.31. The maximum absolute atomic E-state index is 11.6. The number of benzene rings is 1. The van der Waals surface area contributed by atoms with E-state index in [1.54, 1.807) is 18.2 Å². The first-order chi connectivity index (χ1) is 7.56. The summed E-state index contributed by atoms with van der Waals surface area (Å²) in [7, 11) is 0. The van der Waals surface area contributed by atoms with Gasteiger partial charge in [0.2, 0.25) is 5.91 Å². The molecule has 1 aromatic carbocycles. The Hall–Kier alpha value is -0.970. The third-order valence-electron chi connectivity index (χ3n) is 2.18. The Kier molecular flexibility index (Phi) is 6.95. The highest BCUT2D eigenvalue weighted by molar-refractivity contribution is 6.32. The summed E-state index contributed by atoms with van der Waals surface area (Å²) >= 11 is 5.71. The number of carbonyl (C=O) groups excluding carboxylic acids is 1. The van der Waals surface area contributed by atoms with E-state index in [9.17, 15) is 9.90 Å². The Morgan fingerprint density at radius 2 is 2.24 bits per heavy atom. The van der Waals surface area contributed by atoms with Gasteiger partial charge in [-0.1, -0.05) is 31.0 Å². The lowest BCUT2D eigenvalue weighted by Gasteiger charge is -2.12. The van der Waals surface area contributed by atoms with Gasteiger partial charge in [-0.15, -0.1) is 12.4 Å². The molecule has 0 fully saturated rings. The normalized spacial score (nSPS) is 11.5. The van der Waals surface area contributed by atoms with Crippen LogP contribution < -0.4 is 11.1 Å². The van der Waals surface area contributed by atoms with Crippen molar-refractivity contribution in [2.75, 3.05) is 5.32 Å². The molecule has 0 bridgehead atoms. The van der Waals surface area contributed by atoms with Gasteiger partial charge in [-0.05, 0) is 18.6 Å². The molecule has 0 aliphatic heterocycles. The number of aromatic hydroxyl groups is 1. The maximum Gasteiger partial charge on any atom is 0.241 e. The Morgan fingerprint density at radius 1 is 1.59 bits per heavy atom. The molecular formula is C11H16Cl2N2O2. The van der Waals surface area contributed by atoms with Gasteiger partial charge in [0.25, 0.3) is 0 Å². The van der Waals surface area contributed by atoms with Gasteiger partial charge in [-0.3, -0.25) is 4.79 Å². The Balaban J connectivity index is 0.00000256. The van der Waals surface area contributed by atoms with Crippen LogP contribution >= 0.6 is 24.0 Å². The summed E-state index contributed by atoms with van der Waals surface area (Å²) in [6.45, 7) is 1.95. The number of para-hydroxylation sites is 1. The van der Waals surface area contributed by atoms with Crippen LogP contribution in [-0.2, 0) is 4.79 Å². The number of carbonyl (C=O) groups is 1. The van der Waals surface area contributed by atoms with Gasteiger partial charge in [0.15, 0.2) is 5.75 Å². The first-order valence-corrected chi connectivity index (χ1v) is 5.48. The predicted molar refractivity (Wildman–Crippen MR) is 71.9 cm³/mol. The molecule has 96 valence electrons. The average molecular weight is 279 g/mol. The number of phenols is 1. The van der Waals surface area contributed by atoms with E-state index >= 15 is 0 Å². The summed E-state index contributed by atoms with van der Waals surface area (Å²) in [5.41, 5.74) is 5.92. The van der Waals surface area contributed by atoms with E-state index in [1.165, 1.54) is 0 Å².